The van der Waals surface area contributed by atoms with Gasteiger partial charge in [0.25, 0.3) is 0 Å². The van der Waals surface area contributed by atoms with Crippen LogP contribution in [0.4, 0.5) is 4.79 Å². The fourth-order valence-corrected chi connectivity index (χ4v) is 3.41. The van der Waals surface area contributed by atoms with E-state index in [-0.39, 0.29) is 18.2 Å². The summed E-state index contributed by atoms with van der Waals surface area (Å²) >= 11 is 0. The molecule has 1 aliphatic carbocycles. The second kappa shape index (κ2) is 7.64. The van der Waals surface area contributed by atoms with E-state index in [4.69, 9.17) is 4.74 Å². The first kappa shape index (κ1) is 17.5. The summed E-state index contributed by atoms with van der Waals surface area (Å²) in [5.41, 5.74) is -0.430. The third kappa shape index (κ3) is 5.43. The van der Waals surface area contributed by atoms with Crippen molar-refractivity contribution >= 4 is 6.09 Å². The van der Waals surface area contributed by atoms with Crippen LogP contribution in [0.25, 0.3) is 0 Å². The third-order valence-corrected chi connectivity index (χ3v) is 4.63. The van der Waals surface area contributed by atoms with Gasteiger partial charge in [0.2, 0.25) is 0 Å². The highest BCUT2D eigenvalue weighted by Crippen LogP contribution is 2.24. The molecule has 1 aliphatic heterocycles. The Hall–Kier alpha value is -0.810. The van der Waals surface area contributed by atoms with Gasteiger partial charge in [-0.3, -0.25) is 0 Å². The highest BCUT2D eigenvalue weighted by Gasteiger charge is 2.32. The van der Waals surface area contributed by atoms with Crippen molar-refractivity contribution < 1.29 is 14.6 Å². The van der Waals surface area contributed by atoms with Gasteiger partial charge >= 0.3 is 6.09 Å². The molecular formula is C17H32N2O3. The van der Waals surface area contributed by atoms with Crippen LogP contribution in [-0.4, -0.2) is 53.5 Å². The van der Waals surface area contributed by atoms with Crippen molar-refractivity contribution in [1.29, 1.82) is 0 Å². The maximum absolute atomic E-state index is 12.2. The maximum atomic E-state index is 12.2. The zero-order chi connectivity index (χ0) is 16.2. The molecule has 2 fully saturated rings. The van der Waals surface area contributed by atoms with Gasteiger partial charge < -0.3 is 20.1 Å². The van der Waals surface area contributed by atoms with Crippen LogP contribution in [0.5, 0.6) is 0 Å². The molecule has 0 aromatic carbocycles. The van der Waals surface area contributed by atoms with Crippen LogP contribution in [0.1, 0.15) is 59.3 Å². The second-order valence-corrected chi connectivity index (χ2v) is 7.80. The summed E-state index contributed by atoms with van der Waals surface area (Å²) in [4.78, 5) is 14.1. The third-order valence-electron chi connectivity index (χ3n) is 4.63. The molecule has 0 aromatic heterocycles. The Balaban J connectivity index is 1.71. The van der Waals surface area contributed by atoms with Crippen LogP contribution in [0, 0.1) is 5.92 Å². The Morgan fingerprint density at radius 3 is 2.50 bits per heavy atom. The van der Waals surface area contributed by atoms with E-state index in [1.54, 1.807) is 0 Å². The molecule has 1 atom stereocenters. The normalized spacial score (nSPS) is 29.6. The Kier molecular flexibility index (Phi) is 6.09. The molecule has 2 rings (SSSR count). The number of likely N-dealkylation sites (tertiary alicyclic amines) is 1. The monoisotopic (exact) mass is 312 g/mol. The number of amides is 1. The van der Waals surface area contributed by atoms with Crippen molar-refractivity contribution in [3.8, 4) is 0 Å². The minimum atomic E-state index is -0.430. The number of ether oxygens (including phenoxy) is 1. The lowest BCUT2D eigenvalue weighted by molar-refractivity contribution is 0.0225. The van der Waals surface area contributed by atoms with Crippen molar-refractivity contribution in [1.82, 2.24) is 10.2 Å². The van der Waals surface area contributed by atoms with Crippen molar-refractivity contribution in [2.75, 3.05) is 19.6 Å². The summed E-state index contributed by atoms with van der Waals surface area (Å²) < 4.78 is 5.49. The maximum Gasteiger partial charge on any atom is 0.410 e. The van der Waals surface area contributed by atoms with Crippen molar-refractivity contribution in [2.24, 2.45) is 5.92 Å². The van der Waals surface area contributed by atoms with Crippen LogP contribution in [0.15, 0.2) is 0 Å². The minimum absolute atomic E-state index is 0.0891. The Morgan fingerprint density at radius 2 is 1.86 bits per heavy atom. The smallest absolute Gasteiger partial charge is 0.410 e. The summed E-state index contributed by atoms with van der Waals surface area (Å²) in [6, 6.07) is 0.254. The summed E-state index contributed by atoms with van der Waals surface area (Å²) in [7, 11) is 0. The number of aliphatic hydroxyl groups is 1. The molecule has 2 aliphatic rings. The Labute approximate surface area is 134 Å². The van der Waals surface area contributed by atoms with Crippen LogP contribution in [-0.2, 0) is 4.74 Å². The average Bonchev–Trinajstić information content (AvgIpc) is 2.88. The quantitative estimate of drug-likeness (QED) is 0.837. The molecular weight excluding hydrogens is 280 g/mol. The van der Waals surface area contributed by atoms with E-state index in [2.05, 4.69) is 5.32 Å². The number of hydrogen-bond donors (Lipinski definition) is 2. The summed E-state index contributed by atoms with van der Waals surface area (Å²) in [5, 5.41) is 13.1. The van der Waals surface area contributed by atoms with Crippen LogP contribution in [0.2, 0.25) is 0 Å². The van der Waals surface area contributed by atoms with E-state index in [0.717, 1.165) is 58.2 Å². The number of aliphatic hydroxyl groups excluding tert-OH is 1. The van der Waals surface area contributed by atoms with Crippen molar-refractivity contribution in [3.63, 3.8) is 0 Å². The SMILES string of the molecule is CC(C)(C)OC(=O)N1CCCC1CNCC1CCC(O)CC1. The Bertz CT molecular complexity index is 359. The largest absolute Gasteiger partial charge is 0.444 e. The van der Waals surface area contributed by atoms with Gasteiger partial charge in [0.15, 0.2) is 0 Å². The molecule has 0 aromatic rings. The summed E-state index contributed by atoms with van der Waals surface area (Å²) in [6.45, 7) is 8.36. The molecule has 22 heavy (non-hydrogen) atoms. The standard InChI is InChI=1S/C17H32N2O3/c1-17(2,3)22-16(21)19-10-4-5-14(19)12-18-11-13-6-8-15(20)9-7-13/h13-15,18,20H,4-12H2,1-3H3. The van der Waals surface area contributed by atoms with Crippen LogP contribution >= 0.6 is 0 Å². The molecule has 1 saturated carbocycles. The van der Waals surface area contributed by atoms with E-state index in [9.17, 15) is 9.90 Å². The molecule has 0 radical (unpaired) electrons. The number of carbonyl (C=O) groups excluding carboxylic acids is 1. The number of nitrogens with one attached hydrogen (secondary N) is 1. The predicted octanol–water partition coefficient (Wildman–Crippen LogP) is 2.53. The predicted molar refractivity (Wildman–Crippen MR) is 86.8 cm³/mol. The van der Waals surface area contributed by atoms with Gasteiger partial charge in [-0.2, -0.15) is 0 Å². The first-order chi connectivity index (χ1) is 10.3. The van der Waals surface area contributed by atoms with Gasteiger partial charge in [-0.05, 0) is 71.8 Å². The molecule has 5 heteroatoms. The zero-order valence-corrected chi connectivity index (χ0v) is 14.3. The van der Waals surface area contributed by atoms with Crippen molar-refractivity contribution in [2.45, 2.75) is 77.0 Å². The lowest BCUT2D eigenvalue weighted by Gasteiger charge is -2.30. The number of carbonyl (C=O) groups is 1. The molecule has 5 nitrogen and oxygen atoms in total. The minimum Gasteiger partial charge on any atom is -0.444 e. The lowest BCUT2D eigenvalue weighted by atomic mass is 9.87. The summed E-state index contributed by atoms with van der Waals surface area (Å²) in [6.07, 6.45) is 5.91. The van der Waals surface area contributed by atoms with E-state index in [0.29, 0.717) is 5.92 Å². The van der Waals surface area contributed by atoms with E-state index in [1.807, 2.05) is 25.7 Å². The highest BCUT2D eigenvalue weighted by atomic mass is 16.6. The first-order valence-corrected chi connectivity index (χ1v) is 8.73. The summed E-state index contributed by atoms with van der Waals surface area (Å²) in [5.74, 6) is 0.666. The Morgan fingerprint density at radius 1 is 1.18 bits per heavy atom. The lowest BCUT2D eigenvalue weighted by Crippen LogP contribution is -2.44. The molecule has 128 valence electrons. The van der Waals surface area contributed by atoms with Gasteiger partial charge in [-0.15, -0.1) is 0 Å². The molecule has 1 amide bonds. The van der Waals surface area contributed by atoms with Crippen LogP contribution in [0.3, 0.4) is 0 Å². The van der Waals surface area contributed by atoms with Gasteiger partial charge in [0, 0.05) is 19.1 Å². The second-order valence-electron chi connectivity index (χ2n) is 7.80. The van der Waals surface area contributed by atoms with Gasteiger partial charge in [0.1, 0.15) is 5.60 Å². The highest BCUT2D eigenvalue weighted by molar-refractivity contribution is 5.69. The molecule has 0 spiro atoms. The number of nitrogens with zero attached hydrogens (tertiary/aromatic N) is 1. The molecule has 0 bridgehead atoms. The zero-order valence-electron chi connectivity index (χ0n) is 14.3. The first-order valence-electron chi connectivity index (χ1n) is 8.73. The number of rotatable bonds is 4. The van der Waals surface area contributed by atoms with Gasteiger partial charge in [-0.25, -0.2) is 4.79 Å². The van der Waals surface area contributed by atoms with Gasteiger partial charge in [0.05, 0.1) is 6.10 Å². The molecule has 2 N–H and O–H groups in total. The van der Waals surface area contributed by atoms with E-state index >= 15 is 0 Å². The average molecular weight is 312 g/mol. The topological polar surface area (TPSA) is 61.8 Å². The van der Waals surface area contributed by atoms with Crippen LogP contribution < -0.4 is 5.32 Å². The fraction of sp³-hybridized carbons (Fsp3) is 0.941. The van der Waals surface area contributed by atoms with Crippen molar-refractivity contribution in [3.05, 3.63) is 0 Å². The number of hydrogen-bond acceptors (Lipinski definition) is 4. The van der Waals surface area contributed by atoms with Gasteiger partial charge in [-0.1, -0.05) is 0 Å². The molecule has 1 heterocycles. The molecule has 1 unspecified atom stereocenters. The molecule has 1 saturated heterocycles. The van der Waals surface area contributed by atoms with E-state index in [1.165, 1.54) is 0 Å². The van der Waals surface area contributed by atoms with E-state index < -0.39 is 5.60 Å². The fourth-order valence-electron chi connectivity index (χ4n) is 3.41.